The first-order chi connectivity index (χ1) is 16.1. The molecule has 0 aliphatic carbocycles. The van der Waals surface area contributed by atoms with Crippen molar-refractivity contribution in [3.63, 3.8) is 0 Å². The van der Waals surface area contributed by atoms with E-state index in [-0.39, 0.29) is 35.5 Å². The van der Waals surface area contributed by atoms with Crippen LogP contribution in [0.1, 0.15) is 5.56 Å². The van der Waals surface area contributed by atoms with Gasteiger partial charge in [0.15, 0.2) is 28.8 Å². The third-order valence-corrected chi connectivity index (χ3v) is 4.96. The lowest BCUT2D eigenvalue weighted by Gasteiger charge is -2.05. The van der Waals surface area contributed by atoms with Crippen molar-refractivity contribution in [3.05, 3.63) is 84.3 Å². The molecule has 3 heterocycles. The summed E-state index contributed by atoms with van der Waals surface area (Å²) >= 11 is 0. The maximum absolute atomic E-state index is 14.2. The fourth-order valence-corrected chi connectivity index (χ4v) is 3.37. The van der Waals surface area contributed by atoms with Crippen LogP contribution in [0.3, 0.4) is 0 Å². The number of azo groups is 1. The molecular weight excluding hydrogens is 421 g/mol. The van der Waals surface area contributed by atoms with Crippen LogP contribution in [0.5, 0.6) is 0 Å². The van der Waals surface area contributed by atoms with Gasteiger partial charge in [0.05, 0.1) is 17.6 Å². The number of hydrogen-bond acceptors (Lipinski definition) is 8. The molecule has 2 aromatic carbocycles. The second-order valence-electron chi connectivity index (χ2n) is 7.17. The van der Waals surface area contributed by atoms with E-state index in [0.717, 1.165) is 0 Å². The second-order valence-corrected chi connectivity index (χ2v) is 7.17. The standard InChI is InChI=1S/C23H18FN9/c24-17-11-5-4-7-14(17)13-33-23-16(10-6-12-27-23)18(32-33)22-28-20(25)19(21(26)29-22)31-30-15-8-2-1-3-9-15/h1-12H,13H2,(H4,25,26,28,29). The molecule has 0 bridgehead atoms. The molecule has 0 saturated heterocycles. The van der Waals surface area contributed by atoms with E-state index in [1.807, 2.05) is 24.3 Å². The molecule has 0 spiro atoms. The highest BCUT2D eigenvalue weighted by Gasteiger charge is 2.19. The van der Waals surface area contributed by atoms with E-state index in [4.69, 9.17) is 11.5 Å². The number of pyridine rings is 1. The van der Waals surface area contributed by atoms with E-state index in [9.17, 15) is 4.39 Å². The number of halogens is 1. The summed E-state index contributed by atoms with van der Waals surface area (Å²) in [5, 5.41) is 13.5. The van der Waals surface area contributed by atoms with Crippen molar-refractivity contribution in [3.8, 4) is 11.5 Å². The first-order valence-corrected chi connectivity index (χ1v) is 10.1. The molecule has 0 atom stereocenters. The zero-order chi connectivity index (χ0) is 22.8. The van der Waals surface area contributed by atoms with Crippen LogP contribution >= 0.6 is 0 Å². The maximum atomic E-state index is 14.2. The van der Waals surface area contributed by atoms with Crippen LogP contribution in [-0.2, 0) is 6.54 Å². The SMILES string of the molecule is Nc1nc(-c2nn(Cc3ccccc3F)c3ncccc23)nc(N)c1N=Nc1ccccc1. The van der Waals surface area contributed by atoms with E-state index in [1.54, 1.807) is 47.3 Å². The first-order valence-electron chi connectivity index (χ1n) is 10.1. The lowest BCUT2D eigenvalue weighted by atomic mass is 10.2. The van der Waals surface area contributed by atoms with Gasteiger partial charge in [-0.25, -0.2) is 24.0 Å². The van der Waals surface area contributed by atoms with Gasteiger partial charge >= 0.3 is 0 Å². The van der Waals surface area contributed by atoms with Gasteiger partial charge in [0.25, 0.3) is 0 Å². The van der Waals surface area contributed by atoms with Crippen molar-refractivity contribution in [1.82, 2.24) is 24.7 Å². The summed E-state index contributed by atoms with van der Waals surface area (Å²) in [6.07, 6.45) is 1.64. The first kappa shape index (κ1) is 20.2. The summed E-state index contributed by atoms with van der Waals surface area (Å²) < 4.78 is 15.8. The number of aromatic nitrogens is 5. The van der Waals surface area contributed by atoms with Gasteiger partial charge in [-0.1, -0.05) is 36.4 Å². The van der Waals surface area contributed by atoms with Gasteiger partial charge in [-0.3, -0.25) is 0 Å². The molecule has 3 aromatic heterocycles. The predicted molar refractivity (Wildman–Crippen MR) is 123 cm³/mol. The molecule has 162 valence electrons. The van der Waals surface area contributed by atoms with Gasteiger partial charge in [-0.05, 0) is 30.3 Å². The highest BCUT2D eigenvalue weighted by Crippen LogP contribution is 2.32. The van der Waals surface area contributed by atoms with Crippen LogP contribution < -0.4 is 11.5 Å². The predicted octanol–water partition coefficient (Wildman–Crippen LogP) is 4.66. The summed E-state index contributed by atoms with van der Waals surface area (Å²) in [6.45, 7) is 0.189. The molecule has 5 aromatic rings. The quantitative estimate of drug-likeness (QED) is 0.383. The van der Waals surface area contributed by atoms with Gasteiger partial charge in [0, 0.05) is 11.8 Å². The molecule has 10 heteroatoms. The number of nitrogens with zero attached hydrogens (tertiary/aromatic N) is 7. The second kappa shape index (κ2) is 8.42. The van der Waals surface area contributed by atoms with E-state index in [0.29, 0.717) is 28.0 Å². The van der Waals surface area contributed by atoms with Crippen molar-refractivity contribution in [2.24, 2.45) is 10.2 Å². The highest BCUT2D eigenvalue weighted by atomic mass is 19.1. The molecule has 0 saturated carbocycles. The zero-order valence-corrected chi connectivity index (χ0v) is 17.3. The average molecular weight is 439 g/mol. The van der Waals surface area contributed by atoms with Crippen molar-refractivity contribution >= 4 is 34.0 Å². The number of nitrogen functional groups attached to an aromatic ring is 2. The number of anilines is 2. The Bertz CT molecular complexity index is 1460. The Hall–Kier alpha value is -4.73. The van der Waals surface area contributed by atoms with E-state index in [1.165, 1.54) is 6.07 Å². The Balaban J connectivity index is 1.56. The third kappa shape index (κ3) is 3.97. The van der Waals surface area contributed by atoms with E-state index < -0.39 is 0 Å². The summed E-state index contributed by atoms with van der Waals surface area (Å²) in [6, 6.07) is 19.3. The van der Waals surface area contributed by atoms with Crippen LogP contribution in [0.25, 0.3) is 22.6 Å². The average Bonchev–Trinajstić information content (AvgIpc) is 3.19. The number of hydrogen-bond donors (Lipinski definition) is 2. The van der Waals surface area contributed by atoms with Crippen LogP contribution in [0.2, 0.25) is 0 Å². The Morgan fingerprint density at radius 1 is 0.848 bits per heavy atom. The number of nitrogens with two attached hydrogens (primary N) is 2. The van der Waals surface area contributed by atoms with Gasteiger partial charge in [0.2, 0.25) is 0 Å². The van der Waals surface area contributed by atoms with E-state index >= 15 is 0 Å². The molecule has 9 nitrogen and oxygen atoms in total. The van der Waals surface area contributed by atoms with Gasteiger partial charge in [-0.2, -0.15) is 10.2 Å². The van der Waals surface area contributed by atoms with Crippen molar-refractivity contribution in [1.29, 1.82) is 0 Å². The summed E-state index contributed by atoms with van der Waals surface area (Å²) in [4.78, 5) is 13.1. The minimum Gasteiger partial charge on any atom is -0.382 e. The maximum Gasteiger partial charge on any atom is 0.184 e. The van der Waals surface area contributed by atoms with Gasteiger partial charge in [-0.15, -0.1) is 5.11 Å². The molecule has 0 fully saturated rings. The zero-order valence-electron chi connectivity index (χ0n) is 17.3. The van der Waals surface area contributed by atoms with Crippen molar-refractivity contribution in [2.75, 3.05) is 11.5 Å². The molecule has 0 aliphatic heterocycles. The minimum atomic E-state index is -0.323. The summed E-state index contributed by atoms with van der Waals surface area (Å²) in [5.41, 5.74) is 14.6. The molecule has 5 rings (SSSR count). The van der Waals surface area contributed by atoms with Crippen molar-refractivity contribution < 1.29 is 4.39 Å². The number of benzene rings is 2. The van der Waals surface area contributed by atoms with Crippen LogP contribution in [0, 0.1) is 5.82 Å². The van der Waals surface area contributed by atoms with Crippen molar-refractivity contribution in [2.45, 2.75) is 6.54 Å². The van der Waals surface area contributed by atoms with Crippen LogP contribution in [0.4, 0.5) is 27.4 Å². The molecule has 0 aliphatic rings. The molecule has 0 radical (unpaired) electrons. The Morgan fingerprint density at radius 2 is 1.58 bits per heavy atom. The largest absolute Gasteiger partial charge is 0.382 e. The summed E-state index contributed by atoms with van der Waals surface area (Å²) in [5.74, 6) is 0.0289. The Morgan fingerprint density at radius 3 is 2.33 bits per heavy atom. The molecular formula is C23H18FN9. The number of fused-ring (bicyclic) bond motifs is 1. The minimum absolute atomic E-state index is 0.0675. The van der Waals surface area contributed by atoms with Crippen LogP contribution in [-0.4, -0.2) is 24.7 Å². The fraction of sp³-hybridized carbons (Fsp3) is 0.0435. The highest BCUT2D eigenvalue weighted by molar-refractivity contribution is 5.90. The van der Waals surface area contributed by atoms with E-state index in [2.05, 4.69) is 30.3 Å². The van der Waals surface area contributed by atoms with Crippen LogP contribution in [0.15, 0.2) is 83.2 Å². The normalized spacial score (nSPS) is 11.4. The topological polar surface area (TPSA) is 133 Å². The molecule has 0 unspecified atom stereocenters. The monoisotopic (exact) mass is 439 g/mol. The lowest BCUT2D eigenvalue weighted by Crippen LogP contribution is -2.05. The van der Waals surface area contributed by atoms with Gasteiger partial charge in [0.1, 0.15) is 11.5 Å². The molecule has 0 amide bonds. The molecule has 4 N–H and O–H groups in total. The lowest BCUT2D eigenvalue weighted by molar-refractivity contribution is 0.589. The Labute approximate surface area is 187 Å². The molecule has 33 heavy (non-hydrogen) atoms. The van der Waals surface area contributed by atoms with Gasteiger partial charge < -0.3 is 11.5 Å². The third-order valence-electron chi connectivity index (χ3n) is 4.96. The Kier molecular flexibility index (Phi) is 5.15. The summed E-state index contributed by atoms with van der Waals surface area (Å²) in [7, 11) is 0. The smallest absolute Gasteiger partial charge is 0.184 e. The number of rotatable bonds is 5. The fourth-order valence-electron chi connectivity index (χ4n) is 3.37.